The summed E-state index contributed by atoms with van der Waals surface area (Å²) >= 11 is 0. The Morgan fingerprint density at radius 1 is 0.388 bits per heavy atom. The van der Waals surface area contributed by atoms with Gasteiger partial charge in [-0.2, -0.15) is 0 Å². The van der Waals surface area contributed by atoms with Crippen molar-refractivity contribution in [1.82, 2.24) is 0 Å². The summed E-state index contributed by atoms with van der Waals surface area (Å²) in [6.07, 6.45) is 74.5. The van der Waals surface area contributed by atoms with Crippen molar-refractivity contribution in [3.05, 3.63) is 170 Å². The van der Waals surface area contributed by atoms with E-state index in [9.17, 15) is 34.5 Å². The number of carboxylic acids is 1. The van der Waals surface area contributed by atoms with Crippen LogP contribution in [-0.4, -0.2) is 89.2 Å². The van der Waals surface area contributed by atoms with Gasteiger partial charge in [0, 0.05) is 19.3 Å². The molecule has 3 N–H and O–H groups in total. The molecule has 12 heteroatoms. The van der Waals surface area contributed by atoms with Crippen molar-refractivity contribution < 1.29 is 58.2 Å². The number of ether oxygens (including phenoxy) is 5. The van der Waals surface area contributed by atoms with Gasteiger partial charge in [0.05, 0.1) is 6.61 Å². The lowest BCUT2D eigenvalue weighted by atomic mass is 9.98. The number of allylic oxidation sites excluding steroid dienone is 28. The average Bonchev–Trinajstić information content (AvgIpc) is 3.51. The van der Waals surface area contributed by atoms with Crippen LogP contribution in [0.2, 0.25) is 0 Å². The molecule has 1 fully saturated rings. The standard InChI is InChI=1S/C73H110O12/c1-4-7-10-13-16-19-22-25-28-31-33-36-38-41-44-47-50-53-56-59-65(74)81-62-64(83-66(75)60-57-54-51-48-45-42-39-35-30-27-24-21-18-15-12-9-6-3)63-82-73-71(69(78)68(77)70(85-73)72(79)80)84-67(76)61-58-55-52-49-46-43-40-37-34-32-29-26-23-20-17-14-11-8-5-2/h7-12,16-21,25-30,33-34,36-37,39,41-44,46,64,68-71,73,77-78H,4-6,13-15,22-24,31-32,35,38,40,45,47-63H2,1-3H3,(H,79,80)/b10-7-,11-8-,12-9-,19-16-,20-17-,21-18-,28-25-,29-26-,30-27-,36-33-,37-34-,42-39-,44-41-,46-43-. The number of aliphatic hydroxyl groups is 2. The van der Waals surface area contributed by atoms with Gasteiger partial charge in [0.25, 0.3) is 0 Å². The summed E-state index contributed by atoms with van der Waals surface area (Å²) < 4.78 is 28.4. The summed E-state index contributed by atoms with van der Waals surface area (Å²) in [5, 5.41) is 31.6. The van der Waals surface area contributed by atoms with E-state index < -0.39 is 67.3 Å². The van der Waals surface area contributed by atoms with E-state index in [1.54, 1.807) is 0 Å². The number of aliphatic hydroxyl groups excluding tert-OH is 2. The number of esters is 3. The van der Waals surface area contributed by atoms with Crippen molar-refractivity contribution in [3.8, 4) is 0 Å². The van der Waals surface area contributed by atoms with Gasteiger partial charge in [0.2, 0.25) is 0 Å². The molecule has 12 nitrogen and oxygen atoms in total. The number of carbonyl (C=O) groups excluding carboxylic acids is 3. The van der Waals surface area contributed by atoms with E-state index in [1.165, 1.54) is 0 Å². The molecule has 1 heterocycles. The Balaban J connectivity index is 2.75. The van der Waals surface area contributed by atoms with Crippen LogP contribution in [0.1, 0.15) is 213 Å². The van der Waals surface area contributed by atoms with Gasteiger partial charge in [0.1, 0.15) is 18.8 Å². The fraction of sp³-hybridized carbons (Fsp3) is 0.562. The highest BCUT2D eigenvalue weighted by atomic mass is 16.7. The summed E-state index contributed by atoms with van der Waals surface area (Å²) in [6, 6.07) is 0. The molecule has 1 aliphatic rings. The van der Waals surface area contributed by atoms with E-state index in [-0.39, 0.29) is 25.9 Å². The van der Waals surface area contributed by atoms with Crippen LogP contribution >= 0.6 is 0 Å². The van der Waals surface area contributed by atoms with Crippen LogP contribution in [0.15, 0.2) is 170 Å². The smallest absolute Gasteiger partial charge is 0.335 e. The number of rotatable bonds is 52. The zero-order valence-corrected chi connectivity index (χ0v) is 52.3. The fourth-order valence-corrected chi connectivity index (χ4v) is 8.47. The molecule has 0 aliphatic carbocycles. The molecular formula is C73H110O12. The molecule has 0 spiro atoms. The summed E-state index contributed by atoms with van der Waals surface area (Å²) in [6.45, 7) is 5.58. The first kappa shape index (κ1) is 77.1. The minimum absolute atomic E-state index is 0.00403. The highest BCUT2D eigenvalue weighted by Crippen LogP contribution is 2.26. The molecule has 1 rings (SSSR count). The van der Waals surface area contributed by atoms with Gasteiger partial charge < -0.3 is 39.0 Å². The van der Waals surface area contributed by atoms with Crippen molar-refractivity contribution in [2.75, 3.05) is 13.2 Å². The predicted molar refractivity (Wildman–Crippen MR) is 348 cm³/mol. The van der Waals surface area contributed by atoms with E-state index in [4.69, 9.17) is 23.7 Å². The zero-order valence-electron chi connectivity index (χ0n) is 52.3. The normalized spacial score (nSPS) is 18.6. The molecule has 0 aromatic carbocycles. The maximum absolute atomic E-state index is 13.2. The van der Waals surface area contributed by atoms with Gasteiger partial charge in [-0.05, 0) is 148 Å². The third-order valence-electron chi connectivity index (χ3n) is 13.3. The van der Waals surface area contributed by atoms with Crippen molar-refractivity contribution in [2.24, 2.45) is 0 Å². The minimum Gasteiger partial charge on any atom is -0.479 e. The second-order valence-electron chi connectivity index (χ2n) is 20.9. The van der Waals surface area contributed by atoms with Crippen LogP contribution in [0.5, 0.6) is 0 Å². The van der Waals surface area contributed by atoms with E-state index in [2.05, 4.69) is 191 Å². The highest BCUT2D eigenvalue weighted by molar-refractivity contribution is 5.74. The number of unbranched alkanes of at least 4 members (excludes halogenated alkanes) is 10. The molecule has 85 heavy (non-hydrogen) atoms. The van der Waals surface area contributed by atoms with Gasteiger partial charge in [-0.15, -0.1) is 0 Å². The topological polar surface area (TPSA) is 175 Å². The maximum atomic E-state index is 13.2. The number of carbonyl (C=O) groups is 4. The third-order valence-corrected chi connectivity index (χ3v) is 13.3. The first-order valence-corrected chi connectivity index (χ1v) is 32.1. The Labute approximate surface area is 513 Å². The van der Waals surface area contributed by atoms with Crippen LogP contribution in [0, 0.1) is 0 Å². The Morgan fingerprint density at radius 2 is 0.706 bits per heavy atom. The van der Waals surface area contributed by atoms with E-state index in [0.29, 0.717) is 19.3 Å². The van der Waals surface area contributed by atoms with Gasteiger partial charge >= 0.3 is 23.9 Å². The minimum atomic E-state index is -1.94. The summed E-state index contributed by atoms with van der Waals surface area (Å²) in [7, 11) is 0. The summed E-state index contributed by atoms with van der Waals surface area (Å²) in [5.74, 6) is -3.27. The van der Waals surface area contributed by atoms with Gasteiger partial charge in [-0.1, -0.05) is 217 Å². The number of hydrogen-bond donors (Lipinski definition) is 3. The van der Waals surface area contributed by atoms with Crippen LogP contribution in [0.4, 0.5) is 0 Å². The van der Waals surface area contributed by atoms with Crippen molar-refractivity contribution >= 4 is 23.9 Å². The van der Waals surface area contributed by atoms with Crippen LogP contribution in [-0.2, 0) is 42.9 Å². The largest absolute Gasteiger partial charge is 0.479 e. The Hall–Kier alpha value is -5.92. The van der Waals surface area contributed by atoms with Crippen molar-refractivity contribution in [2.45, 2.75) is 250 Å². The molecular weight excluding hydrogens is 1070 g/mol. The van der Waals surface area contributed by atoms with Gasteiger partial charge in [-0.25, -0.2) is 4.79 Å². The molecule has 0 bridgehead atoms. The van der Waals surface area contributed by atoms with E-state index >= 15 is 0 Å². The van der Waals surface area contributed by atoms with E-state index in [1.807, 2.05) is 0 Å². The SMILES string of the molecule is CC/C=C\C/C=C\C/C=C\C/C=C\C/C=C\CCCCCC(=O)OCC(COC1OC(C(=O)O)C(O)C(O)C1OC(=O)CCCCC/C=C\C/C=C\C/C=C\C/C=C\C/C=C\CC)OC(=O)CCCCCC/C=C\C/C=C\C/C=C\C/C=C\CC. The molecule has 0 aromatic heterocycles. The lowest BCUT2D eigenvalue weighted by Crippen LogP contribution is -2.61. The molecule has 6 unspecified atom stereocenters. The van der Waals surface area contributed by atoms with Crippen molar-refractivity contribution in [1.29, 1.82) is 0 Å². The highest BCUT2D eigenvalue weighted by Gasteiger charge is 2.50. The number of carboxylic acid groups (broad SMARTS) is 1. The monoisotopic (exact) mass is 1180 g/mol. The van der Waals surface area contributed by atoms with Gasteiger partial charge in [-0.3, -0.25) is 14.4 Å². The van der Waals surface area contributed by atoms with Crippen molar-refractivity contribution in [3.63, 3.8) is 0 Å². The second-order valence-corrected chi connectivity index (χ2v) is 20.9. The molecule has 1 aliphatic heterocycles. The molecule has 474 valence electrons. The first-order chi connectivity index (χ1) is 41.6. The number of hydrogen-bond acceptors (Lipinski definition) is 11. The summed E-state index contributed by atoms with van der Waals surface area (Å²) in [4.78, 5) is 51.4. The Bertz CT molecular complexity index is 2130. The molecule has 6 atom stereocenters. The molecule has 0 radical (unpaired) electrons. The van der Waals surface area contributed by atoms with Crippen LogP contribution in [0.25, 0.3) is 0 Å². The molecule has 0 amide bonds. The molecule has 0 saturated carbocycles. The lowest BCUT2D eigenvalue weighted by Gasteiger charge is -2.40. The Kier molecular flexibility index (Phi) is 53.0. The van der Waals surface area contributed by atoms with E-state index in [0.717, 1.165) is 154 Å². The lowest BCUT2D eigenvalue weighted by molar-refractivity contribution is -0.301. The molecule has 1 saturated heterocycles. The second kappa shape index (κ2) is 58.5. The Morgan fingerprint density at radius 3 is 1.07 bits per heavy atom. The zero-order chi connectivity index (χ0) is 61.7. The quantitative estimate of drug-likeness (QED) is 0.0228. The molecule has 0 aromatic rings. The maximum Gasteiger partial charge on any atom is 0.335 e. The first-order valence-electron chi connectivity index (χ1n) is 32.1. The van der Waals surface area contributed by atoms with Crippen LogP contribution < -0.4 is 0 Å². The average molecular weight is 1180 g/mol. The van der Waals surface area contributed by atoms with Gasteiger partial charge in [0.15, 0.2) is 24.6 Å². The van der Waals surface area contributed by atoms with Crippen LogP contribution in [0.3, 0.4) is 0 Å². The number of aliphatic carboxylic acids is 1. The third kappa shape index (κ3) is 48.0. The fourth-order valence-electron chi connectivity index (χ4n) is 8.47. The predicted octanol–water partition coefficient (Wildman–Crippen LogP) is 17.5. The summed E-state index contributed by atoms with van der Waals surface area (Å²) in [5.41, 5.74) is 0.